The summed E-state index contributed by atoms with van der Waals surface area (Å²) in [5.41, 5.74) is 1.91. The average Bonchev–Trinajstić information content (AvgIpc) is 2.46. The summed E-state index contributed by atoms with van der Waals surface area (Å²) < 4.78 is 5.54. The van der Waals surface area contributed by atoms with Gasteiger partial charge in [-0.3, -0.25) is 4.79 Å². The van der Waals surface area contributed by atoms with Crippen LogP contribution in [0.5, 0.6) is 0 Å². The predicted octanol–water partition coefficient (Wildman–Crippen LogP) is 1.70. The van der Waals surface area contributed by atoms with Crippen LogP contribution < -0.4 is 10.2 Å². The van der Waals surface area contributed by atoms with Crippen LogP contribution in [-0.2, 0) is 4.74 Å². The molecule has 108 valence electrons. The minimum Gasteiger partial charge on any atom is -0.378 e. The van der Waals surface area contributed by atoms with Gasteiger partial charge in [-0.2, -0.15) is 0 Å². The molecule has 0 saturated carbocycles. The second-order valence-electron chi connectivity index (χ2n) is 6.08. The molecular weight excluding hydrogens is 252 g/mol. The number of piperidine rings is 1. The maximum absolute atomic E-state index is 12.7. The van der Waals surface area contributed by atoms with Gasteiger partial charge in [-0.05, 0) is 25.0 Å². The summed E-state index contributed by atoms with van der Waals surface area (Å²) in [5.74, 6) is 0.416. The minimum absolute atomic E-state index is 0.132. The molecule has 2 heterocycles. The van der Waals surface area contributed by atoms with Crippen molar-refractivity contribution < 1.29 is 9.53 Å². The maximum Gasteiger partial charge on any atom is 0.166 e. The van der Waals surface area contributed by atoms with Crippen LogP contribution in [0.25, 0.3) is 0 Å². The smallest absolute Gasteiger partial charge is 0.166 e. The molecule has 20 heavy (non-hydrogen) atoms. The summed E-state index contributed by atoms with van der Waals surface area (Å²) >= 11 is 0. The van der Waals surface area contributed by atoms with Crippen molar-refractivity contribution in [2.45, 2.75) is 24.9 Å². The van der Waals surface area contributed by atoms with Crippen LogP contribution in [-0.4, -0.2) is 45.2 Å². The van der Waals surface area contributed by atoms with Gasteiger partial charge in [0.1, 0.15) is 0 Å². The molecule has 2 fully saturated rings. The number of carbonyl (C=O) groups is 1. The Labute approximate surface area is 120 Å². The van der Waals surface area contributed by atoms with Gasteiger partial charge in [0.25, 0.3) is 0 Å². The van der Waals surface area contributed by atoms with E-state index in [4.69, 9.17) is 4.74 Å². The van der Waals surface area contributed by atoms with Crippen molar-refractivity contribution in [1.82, 2.24) is 5.32 Å². The Balaban J connectivity index is 1.77. The monoisotopic (exact) mass is 274 g/mol. The third kappa shape index (κ3) is 2.72. The molecule has 0 radical (unpaired) electrons. The van der Waals surface area contributed by atoms with Gasteiger partial charge >= 0.3 is 0 Å². The Hall–Kier alpha value is -1.39. The maximum atomic E-state index is 12.7. The number of nitrogens with zero attached hydrogens (tertiary/aromatic N) is 1. The van der Waals surface area contributed by atoms with Crippen LogP contribution in [0, 0.1) is 5.92 Å². The summed E-state index contributed by atoms with van der Waals surface area (Å²) in [4.78, 5) is 14.7. The fraction of sp³-hybridized carbons (Fsp3) is 0.562. The van der Waals surface area contributed by atoms with Crippen molar-refractivity contribution in [3.05, 3.63) is 29.8 Å². The largest absolute Gasteiger partial charge is 0.378 e. The Morgan fingerprint density at radius 2 is 1.95 bits per heavy atom. The number of ketones is 1. The van der Waals surface area contributed by atoms with E-state index in [1.165, 1.54) is 0 Å². The molecule has 2 aliphatic heterocycles. The van der Waals surface area contributed by atoms with E-state index >= 15 is 0 Å². The lowest BCUT2D eigenvalue weighted by atomic mass is 9.82. The lowest BCUT2D eigenvalue weighted by molar-refractivity contribution is 0.00953. The zero-order chi connectivity index (χ0) is 14.1. The molecule has 3 rings (SSSR count). The average molecular weight is 274 g/mol. The lowest BCUT2D eigenvalue weighted by Gasteiger charge is -2.39. The molecule has 1 N–H and O–H groups in total. The molecule has 0 amide bonds. The van der Waals surface area contributed by atoms with Crippen molar-refractivity contribution in [3.8, 4) is 0 Å². The topological polar surface area (TPSA) is 41.6 Å². The summed E-state index contributed by atoms with van der Waals surface area (Å²) in [6, 6.07) is 8.61. The third-order valence-electron chi connectivity index (χ3n) is 4.27. The molecule has 2 saturated heterocycles. The Kier molecular flexibility index (Phi) is 3.76. The summed E-state index contributed by atoms with van der Waals surface area (Å²) in [5, 5.41) is 3.53. The van der Waals surface area contributed by atoms with E-state index in [1.54, 1.807) is 0 Å². The van der Waals surface area contributed by atoms with Crippen LogP contribution in [0.4, 0.5) is 5.69 Å². The lowest BCUT2D eigenvalue weighted by Crippen LogP contribution is -2.55. The van der Waals surface area contributed by atoms with Crippen LogP contribution in [0.1, 0.15) is 23.2 Å². The molecule has 2 atom stereocenters. The van der Waals surface area contributed by atoms with Gasteiger partial charge in [-0.15, -0.1) is 0 Å². The normalized spacial score (nSPS) is 29.0. The molecule has 0 aromatic heterocycles. The standard InChI is InChI=1S/C16H22N2O2/c1-18(2)15-5-3-4-11(8-15)16(19)12-6-13-9-20-10-14(7-12)17-13/h3-5,8,12-14,17H,6-7,9-10H2,1-2H3. The van der Waals surface area contributed by atoms with Crippen molar-refractivity contribution >= 4 is 11.5 Å². The van der Waals surface area contributed by atoms with Crippen LogP contribution in [0.3, 0.4) is 0 Å². The molecule has 0 aliphatic carbocycles. The number of carbonyl (C=O) groups excluding carboxylic acids is 1. The highest BCUT2D eigenvalue weighted by Crippen LogP contribution is 2.28. The first-order valence-corrected chi connectivity index (χ1v) is 7.29. The summed E-state index contributed by atoms with van der Waals surface area (Å²) in [7, 11) is 3.99. The highest BCUT2D eigenvalue weighted by Gasteiger charge is 2.35. The molecule has 4 nitrogen and oxygen atoms in total. The van der Waals surface area contributed by atoms with Gasteiger partial charge in [0.05, 0.1) is 13.2 Å². The molecule has 2 aliphatic rings. The first-order chi connectivity index (χ1) is 9.63. The zero-order valence-corrected chi connectivity index (χ0v) is 12.1. The molecule has 1 aromatic carbocycles. The SMILES string of the molecule is CN(C)c1cccc(C(=O)C2CC3COCC(C2)N3)c1. The van der Waals surface area contributed by atoms with Gasteiger partial charge in [0.15, 0.2) is 5.78 Å². The number of hydrogen-bond acceptors (Lipinski definition) is 4. The van der Waals surface area contributed by atoms with E-state index in [0.717, 1.165) is 37.3 Å². The van der Waals surface area contributed by atoms with Gasteiger partial charge in [0.2, 0.25) is 0 Å². The van der Waals surface area contributed by atoms with Crippen molar-refractivity contribution in [2.24, 2.45) is 5.92 Å². The number of Topliss-reactive ketones (excluding diaryl/α,β-unsaturated/α-hetero) is 1. The summed E-state index contributed by atoms with van der Waals surface area (Å²) in [6.45, 7) is 1.47. The molecule has 2 bridgehead atoms. The zero-order valence-electron chi connectivity index (χ0n) is 12.1. The Bertz CT molecular complexity index is 489. The number of rotatable bonds is 3. The third-order valence-corrected chi connectivity index (χ3v) is 4.27. The number of anilines is 1. The van der Waals surface area contributed by atoms with Gasteiger partial charge in [0, 0.05) is 43.3 Å². The predicted molar refractivity (Wildman–Crippen MR) is 79.4 cm³/mol. The van der Waals surface area contributed by atoms with Crippen LogP contribution in [0.15, 0.2) is 24.3 Å². The van der Waals surface area contributed by atoms with E-state index in [1.807, 2.05) is 43.3 Å². The van der Waals surface area contributed by atoms with E-state index in [-0.39, 0.29) is 11.7 Å². The Morgan fingerprint density at radius 3 is 2.60 bits per heavy atom. The van der Waals surface area contributed by atoms with Gasteiger partial charge < -0.3 is 15.0 Å². The van der Waals surface area contributed by atoms with Crippen molar-refractivity contribution in [1.29, 1.82) is 0 Å². The molecule has 2 unspecified atom stereocenters. The second-order valence-corrected chi connectivity index (χ2v) is 6.08. The minimum atomic E-state index is 0.132. The number of nitrogens with one attached hydrogen (secondary N) is 1. The number of hydrogen-bond donors (Lipinski definition) is 1. The molecule has 4 heteroatoms. The van der Waals surface area contributed by atoms with E-state index in [0.29, 0.717) is 12.1 Å². The number of fused-ring (bicyclic) bond motifs is 2. The quantitative estimate of drug-likeness (QED) is 0.852. The highest BCUT2D eigenvalue weighted by atomic mass is 16.5. The highest BCUT2D eigenvalue weighted by molar-refractivity contribution is 5.98. The van der Waals surface area contributed by atoms with E-state index in [9.17, 15) is 4.79 Å². The van der Waals surface area contributed by atoms with Crippen LogP contribution in [0.2, 0.25) is 0 Å². The number of ether oxygens (including phenoxy) is 1. The number of morpholine rings is 1. The first kappa shape index (κ1) is 13.6. The molecular formula is C16H22N2O2. The van der Waals surface area contributed by atoms with E-state index < -0.39 is 0 Å². The van der Waals surface area contributed by atoms with Gasteiger partial charge in [-0.1, -0.05) is 12.1 Å². The van der Waals surface area contributed by atoms with Crippen molar-refractivity contribution in [3.63, 3.8) is 0 Å². The Morgan fingerprint density at radius 1 is 1.25 bits per heavy atom. The molecule has 0 spiro atoms. The number of benzene rings is 1. The first-order valence-electron chi connectivity index (χ1n) is 7.29. The summed E-state index contributed by atoms with van der Waals surface area (Å²) in [6.07, 6.45) is 1.78. The van der Waals surface area contributed by atoms with Gasteiger partial charge in [-0.25, -0.2) is 0 Å². The van der Waals surface area contributed by atoms with Crippen molar-refractivity contribution in [2.75, 3.05) is 32.2 Å². The fourth-order valence-corrected chi connectivity index (χ4v) is 3.22. The van der Waals surface area contributed by atoms with Crippen LogP contribution >= 0.6 is 0 Å². The van der Waals surface area contributed by atoms with E-state index in [2.05, 4.69) is 5.32 Å². The molecule has 1 aromatic rings. The fourth-order valence-electron chi connectivity index (χ4n) is 3.22. The second kappa shape index (κ2) is 5.54.